The Morgan fingerprint density at radius 1 is 0.921 bits per heavy atom. The van der Waals surface area contributed by atoms with Gasteiger partial charge in [0.05, 0.1) is 25.4 Å². The molecule has 0 fully saturated rings. The van der Waals surface area contributed by atoms with E-state index in [0.717, 1.165) is 57.5 Å². The van der Waals surface area contributed by atoms with E-state index in [0.29, 0.717) is 23.0 Å². The molecule has 7 nitrogen and oxygen atoms in total. The summed E-state index contributed by atoms with van der Waals surface area (Å²) in [6.45, 7) is 3.97. The highest BCUT2D eigenvalue weighted by molar-refractivity contribution is 6.05. The number of benzene rings is 3. The Kier molecular flexibility index (Phi) is 7.09. The van der Waals surface area contributed by atoms with Crippen LogP contribution in [0.5, 0.6) is 11.5 Å². The normalized spacial score (nSPS) is 12.7. The average molecular weight is 507 g/mol. The summed E-state index contributed by atoms with van der Waals surface area (Å²) < 4.78 is 11.0. The van der Waals surface area contributed by atoms with Gasteiger partial charge in [-0.3, -0.25) is 4.79 Å². The molecule has 0 radical (unpaired) electrons. The summed E-state index contributed by atoms with van der Waals surface area (Å²) in [6, 6.07) is 17.0. The molecule has 0 unspecified atom stereocenters. The van der Waals surface area contributed by atoms with Gasteiger partial charge in [-0.2, -0.15) is 0 Å². The summed E-state index contributed by atoms with van der Waals surface area (Å²) in [5.41, 5.74) is 6.97. The monoisotopic (exact) mass is 506 g/mol. The average Bonchev–Trinajstić information content (AvgIpc) is 2.94. The number of methoxy groups -OCH3 is 2. The zero-order chi connectivity index (χ0) is 26.6. The van der Waals surface area contributed by atoms with Crippen LogP contribution in [0.2, 0.25) is 0 Å². The van der Waals surface area contributed by atoms with Gasteiger partial charge in [0.1, 0.15) is 0 Å². The van der Waals surface area contributed by atoms with Crippen LogP contribution in [0.15, 0.2) is 72.8 Å². The molecule has 2 N–H and O–H groups in total. The third-order valence-corrected chi connectivity index (χ3v) is 6.64. The third kappa shape index (κ3) is 5.09. The van der Waals surface area contributed by atoms with Crippen LogP contribution in [0, 0.1) is 13.8 Å². The van der Waals surface area contributed by atoms with E-state index in [1.807, 2.05) is 56.3 Å². The highest BCUT2D eigenvalue weighted by atomic mass is 16.5. The first-order chi connectivity index (χ1) is 18.5. The van der Waals surface area contributed by atoms with Gasteiger partial charge in [0.2, 0.25) is 5.95 Å². The lowest BCUT2D eigenvalue weighted by atomic mass is 9.98. The van der Waals surface area contributed by atoms with Crippen LogP contribution in [-0.4, -0.2) is 30.1 Å². The van der Waals surface area contributed by atoms with Crippen LogP contribution in [-0.2, 0) is 0 Å². The fourth-order valence-corrected chi connectivity index (χ4v) is 4.59. The van der Waals surface area contributed by atoms with E-state index in [1.165, 1.54) is 0 Å². The second-order valence-corrected chi connectivity index (χ2v) is 9.20. The summed E-state index contributed by atoms with van der Waals surface area (Å²) in [6.07, 6.45) is 8.14. The van der Waals surface area contributed by atoms with E-state index in [1.54, 1.807) is 26.4 Å². The van der Waals surface area contributed by atoms with E-state index in [2.05, 4.69) is 28.9 Å². The summed E-state index contributed by atoms with van der Waals surface area (Å²) in [5, 5.41) is 7.23. The number of amides is 1. The zero-order valence-electron chi connectivity index (χ0n) is 22.0. The summed E-state index contributed by atoms with van der Waals surface area (Å²) in [7, 11) is 3.23. The Morgan fingerprint density at radius 3 is 2.29 bits per heavy atom. The van der Waals surface area contributed by atoms with E-state index in [9.17, 15) is 4.79 Å². The van der Waals surface area contributed by atoms with Crippen molar-refractivity contribution in [2.45, 2.75) is 26.7 Å². The van der Waals surface area contributed by atoms with Crippen molar-refractivity contribution in [2.75, 3.05) is 24.9 Å². The smallest absolute Gasteiger partial charge is 0.255 e. The Bertz CT molecular complexity index is 1550. The summed E-state index contributed by atoms with van der Waals surface area (Å²) in [4.78, 5) is 22.5. The molecular weight excluding hydrogens is 476 g/mol. The predicted octanol–water partition coefficient (Wildman–Crippen LogP) is 6.99. The fraction of sp³-hybridized carbons (Fsp3) is 0.194. The molecule has 0 saturated heterocycles. The van der Waals surface area contributed by atoms with Crippen molar-refractivity contribution in [1.29, 1.82) is 0 Å². The molecule has 7 heteroatoms. The van der Waals surface area contributed by atoms with Gasteiger partial charge in [-0.1, -0.05) is 36.4 Å². The number of fused-ring (bicyclic) bond motifs is 1. The van der Waals surface area contributed by atoms with E-state index >= 15 is 0 Å². The van der Waals surface area contributed by atoms with Crippen LogP contribution in [0.1, 0.15) is 40.0 Å². The SMILES string of the molecule is COc1cc2nc(Nc3ccc(C(=O)Nc4c(C)cccc4C)cc3)nc(C3=CC=CCC3)c2cc1OC. The maximum atomic E-state index is 12.9. The highest BCUT2D eigenvalue weighted by Crippen LogP contribution is 2.36. The van der Waals surface area contributed by atoms with Gasteiger partial charge in [0.25, 0.3) is 5.91 Å². The highest BCUT2D eigenvalue weighted by Gasteiger charge is 2.17. The summed E-state index contributed by atoms with van der Waals surface area (Å²) >= 11 is 0. The van der Waals surface area contributed by atoms with Crippen LogP contribution < -0.4 is 20.1 Å². The molecule has 3 aromatic carbocycles. The molecule has 4 aromatic rings. The zero-order valence-corrected chi connectivity index (χ0v) is 22.0. The maximum Gasteiger partial charge on any atom is 0.255 e. The number of carbonyl (C=O) groups is 1. The molecule has 1 aliphatic rings. The van der Waals surface area contributed by atoms with Crippen molar-refractivity contribution in [3.05, 3.63) is 95.2 Å². The molecule has 0 atom stereocenters. The largest absolute Gasteiger partial charge is 0.493 e. The third-order valence-electron chi connectivity index (χ3n) is 6.64. The van der Waals surface area contributed by atoms with Crippen LogP contribution >= 0.6 is 0 Å². The minimum Gasteiger partial charge on any atom is -0.493 e. The van der Waals surface area contributed by atoms with Crippen LogP contribution in [0.3, 0.4) is 0 Å². The molecule has 0 saturated carbocycles. The van der Waals surface area contributed by atoms with Gasteiger partial charge < -0.3 is 20.1 Å². The lowest BCUT2D eigenvalue weighted by molar-refractivity contribution is 0.102. The number of ether oxygens (including phenoxy) is 2. The minimum atomic E-state index is -0.156. The van der Waals surface area contributed by atoms with Crippen LogP contribution in [0.4, 0.5) is 17.3 Å². The quantitative estimate of drug-likeness (QED) is 0.281. The number of para-hydroxylation sites is 1. The van der Waals surface area contributed by atoms with Gasteiger partial charge in [-0.25, -0.2) is 9.97 Å². The Balaban J connectivity index is 1.45. The van der Waals surface area contributed by atoms with Gasteiger partial charge in [-0.05, 0) is 73.7 Å². The first kappa shape index (κ1) is 25.0. The maximum absolute atomic E-state index is 12.9. The van der Waals surface area contributed by atoms with Crippen molar-refractivity contribution < 1.29 is 14.3 Å². The van der Waals surface area contributed by atoms with Crippen molar-refractivity contribution in [3.8, 4) is 11.5 Å². The molecule has 1 aromatic heterocycles. The second-order valence-electron chi connectivity index (χ2n) is 9.20. The number of anilines is 3. The van der Waals surface area contributed by atoms with Gasteiger partial charge in [-0.15, -0.1) is 0 Å². The number of rotatable bonds is 7. The summed E-state index contributed by atoms with van der Waals surface area (Å²) in [5.74, 6) is 1.54. The predicted molar refractivity (Wildman–Crippen MR) is 153 cm³/mol. The minimum absolute atomic E-state index is 0.156. The number of allylic oxidation sites excluding steroid dienone is 4. The molecule has 1 aliphatic carbocycles. The second kappa shape index (κ2) is 10.8. The van der Waals surface area contributed by atoms with Crippen molar-refractivity contribution >= 4 is 39.7 Å². The molecule has 1 amide bonds. The number of hydrogen-bond donors (Lipinski definition) is 2. The molecular formula is C31H30N4O3. The van der Waals surface area contributed by atoms with Crippen molar-refractivity contribution in [2.24, 2.45) is 0 Å². The molecule has 38 heavy (non-hydrogen) atoms. The number of aryl methyl sites for hydroxylation is 2. The van der Waals surface area contributed by atoms with Gasteiger partial charge >= 0.3 is 0 Å². The molecule has 5 rings (SSSR count). The van der Waals surface area contributed by atoms with Gasteiger partial charge in [0.15, 0.2) is 11.5 Å². The lowest BCUT2D eigenvalue weighted by Gasteiger charge is -2.16. The number of nitrogens with zero attached hydrogens (tertiary/aromatic N) is 2. The lowest BCUT2D eigenvalue weighted by Crippen LogP contribution is -2.13. The molecule has 0 aliphatic heterocycles. The van der Waals surface area contributed by atoms with E-state index in [-0.39, 0.29) is 5.91 Å². The van der Waals surface area contributed by atoms with E-state index in [4.69, 9.17) is 19.4 Å². The molecule has 1 heterocycles. The number of aromatic nitrogens is 2. The fourth-order valence-electron chi connectivity index (χ4n) is 4.59. The van der Waals surface area contributed by atoms with Crippen LogP contribution in [0.25, 0.3) is 16.5 Å². The molecule has 0 bridgehead atoms. The number of hydrogen-bond acceptors (Lipinski definition) is 6. The molecule has 192 valence electrons. The first-order valence-electron chi connectivity index (χ1n) is 12.5. The van der Waals surface area contributed by atoms with Crippen molar-refractivity contribution in [1.82, 2.24) is 9.97 Å². The van der Waals surface area contributed by atoms with Crippen molar-refractivity contribution in [3.63, 3.8) is 0 Å². The Hall–Kier alpha value is -4.65. The Morgan fingerprint density at radius 2 is 1.63 bits per heavy atom. The molecule has 0 spiro atoms. The number of nitrogens with one attached hydrogen (secondary N) is 2. The number of carbonyl (C=O) groups excluding carboxylic acids is 1. The van der Waals surface area contributed by atoms with E-state index < -0.39 is 0 Å². The Labute approximate surface area is 222 Å². The van der Waals surface area contributed by atoms with Gasteiger partial charge in [0, 0.05) is 28.4 Å². The standard InChI is InChI=1S/C31H30N4O3/c1-19-9-8-10-20(2)28(19)34-30(36)22-13-15-23(16-14-22)32-31-33-25-18-27(38-4)26(37-3)17-24(25)29(35-31)21-11-6-5-7-12-21/h5-6,8-11,13-18H,7,12H2,1-4H3,(H,34,36)(H,32,33,35). The first-order valence-corrected chi connectivity index (χ1v) is 12.5. The topological polar surface area (TPSA) is 85.4 Å².